The molecule has 0 aromatic heterocycles. The van der Waals surface area contributed by atoms with Gasteiger partial charge in [-0.25, -0.2) is 0 Å². The third-order valence-electron chi connectivity index (χ3n) is 4.51. The standard InChI is InChI=1S/C19H29ClN4O/c1-15-6-5-11-24(13-15)18(25)9-10-22-19(21-2)23(3)14-16-7-4-8-17(20)12-16/h4,7-8,12,15H,5-6,9-11,13-14H2,1-3H3,(H,21,22). The van der Waals surface area contributed by atoms with Gasteiger partial charge in [-0.15, -0.1) is 0 Å². The summed E-state index contributed by atoms with van der Waals surface area (Å²) < 4.78 is 0. The van der Waals surface area contributed by atoms with Gasteiger partial charge < -0.3 is 15.1 Å². The van der Waals surface area contributed by atoms with Gasteiger partial charge in [-0.1, -0.05) is 30.7 Å². The van der Waals surface area contributed by atoms with Gasteiger partial charge in [-0.05, 0) is 36.5 Å². The molecular weight excluding hydrogens is 336 g/mol. The number of hydrogen-bond acceptors (Lipinski definition) is 2. The monoisotopic (exact) mass is 364 g/mol. The molecule has 1 aliphatic heterocycles. The van der Waals surface area contributed by atoms with Crippen molar-refractivity contribution in [2.24, 2.45) is 10.9 Å². The van der Waals surface area contributed by atoms with E-state index in [4.69, 9.17) is 11.6 Å². The first kappa shape index (κ1) is 19.6. The Morgan fingerprint density at radius 2 is 2.28 bits per heavy atom. The average Bonchev–Trinajstić information content (AvgIpc) is 2.58. The first-order chi connectivity index (χ1) is 12.0. The second kappa shape index (κ2) is 9.66. The molecule has 1 unspecified atom stereocenters. The summed E-state index contributed by atoms with van der Waals surface area (Å²) in [5.41, 5.74) is 1.12. The number of rotatable bonds is 5. The first-order valence-corrected chi connectivity index (χ1v) is 9.31. The van der Waals surface area contributed by atoms with Crippen LogP contribution < -0.4 is 5.32 Å². The van der Waals surface area contributed by atoms with E-state index in [2.05, 4.69) is 17.2 Å². The largest absolute Gasteiger partial charge is 0.356 e. The highest BCUT2D eigenvalue weighted by atomic mass is 35.5. The lowest BCUT2D eigenvalue weighted by atomic mass is 10.00. The van der Waals surface area contributed by atoms with Crippen LogP contribution in [0.25, 0.3) is 0 Å². The van der Waals surface area contributed by atoms with Crippen LogP contribution in [0.2, 0.25) is 5.02 Å². The van der Waals surface area contributed by atoms with Crippen LogP contribution in [-0.2, 0) is 11.3 Å². The Labute approximate surface area is 156 Å². The molecule has 2 rings (SSSR count). The van der Waals surface area contributed by atoms with Gasteiger partial charge in [-0.2, -0.15) is 0 Å². The van der Waals surface area contributed by atoms with E-state index in [1.807, 2.05) is 41.1 Å². The number of nitrogens with zero attached hydrogens (tertiary/aromatic N) is 3. The number of amides is 1. The molecule has 0 spiro atoms. The quantitative estimate of drug-likeness (QED) is 0.645. The molecule has 1 heterocycles. The van der Waals surface area contributed by atoms with Crippen LogP contribution in [0.3, 0.4) is 0 Å². The fourth-order valence-corrected chi connectivity index (χ4v) is 3.44. The summed E-state index contributed by atoms with van der Waals surface area (Å²) in [6.07, 6.45) is 2.84. The van der Waals surface area contributed by atoms with E-state index < -0.39 is 0 Å². The molecule has 138 valence electrons. The molecule has 1 fully saturated rings. The summed E-state index contributed by atoms with van der Waals surface area (Å²) in [6, 6.07) is 7.80. The topological polar surface area (TPSA) is 47.9 Å². The SMILES string of the molecule is CN=C(NCCC(=O)N1CCCC(C)C1)N(C)Cc1cccc(Cl)c1. The molecule has 1 atom stereocenters. The lowest BCUT2D eigenvalue weighted by Crippen LogP contribution is -2.42. The molecule has 1 aromatic rings. The fourth-order valence-electron chi connectivity index (χ4n) is 3.22. The van der Waals surface area contributed by atoms with Crippen LogP contribution in [0.1, 0.15) is 31.7 Å². The molecule has 1 amide bonds. The van der Waals surface area contributed by atoms with Crippen molar-refractivity contribution < 1.29 is 4.79 Å². The number of nitrogens with one attached hydrogen (secondary N) is 1. The number of carbonyl (C=O) groups is 1. The second-order valence-corrected chi connectivity index (χ2v) is 7.23. The number of piperidine rings is 1. The molecule has 0 saturated carbocycles. The van der Waals surface area contributed by atoms with Gasteiger partial charge in [0, 0.05) is 51.7 Å². The van der Waals surface area contributed by atoms with Crippen LogP contribution in [0.5, 0.6) is 0 Å². The van der Waals surface area contributed by atoms with Gasteiger partial charge in [0.2, 0.25) is 5.91 Å². The highest BCUT2D eigenvalue weighted by Crippen LogP contribution is 2.16. The van der Waals surface area contributed by atoms with Gasteiger partial charge >= 0.3 is 0 Å². The molecule has 0 bridgehead atoms. The average molecular weight is 365 g/mol. The Morgan fingerprint density at radius 3 is 2.96 bits per heavy atom. The molecule has 1 saturated heterocycles. The predicted molar refractivity (Wildman–Crippen MR) is 104 cm³/mol. The van der Waals surface area contributed by atoms with Gasteiger partial charge in [0.1, 0.15) is 0 Å². The van der Waals surface area contributed by atoms with Crippen molar-refractivity contribution >= 4 is 23.5 Å². The summed E-state index contributed by atoms with van der Waals surface area (Å²) in [5, 5.41) is 4.01. The number of carbonyl (C=O) groups excluding carboxylic acids is 1. The maximum absolute atomic E-state index is 12.3. The summed E-state index contributed by atoms with van der Waals surface area (Å²) in [6.45, 7) is 5.30. The molecule has 1 N–H and O–H groups in total. The first-order valence-electron chi connectivity index (χ1n) is 8.93. The summed E-state index contributed by atoms with van der Waals surface area (Å²) in [4.78, 5) is 20.7. The normalized spacial score (nSPS) is 18.2. The Bertz CT molecular complexity index is 605. The maximum atomic E-state index is 12.3. The number of likely N-dealkylation sites (tertiary alicyclic amines) is 1. The molecule has 6 heteroatoms. The smallest absolute Gasteiger partial charge is 0.224 e. The molecule has 0 aliphatic carbocycles. The predicted octanol–water partition coefficient (Wildman–Crippen LogP) is 3.00. The van der Waals surface area contributed by atoms with E-state index in [-0.39, 0.29) is 5.91 Å². The van der Waals surface area contributed by atoms with Crippen LogP contribution in [0, 0.1) is 5.92 Å². The third-order valence-corrected chi connectivity index (χ3v) is 4.75. The number of hydrogen-bond donors (Lipinski definition) is 1. The van der Waals surface area contributed by atoms with Crippen molar-refractivity contribution in [1.82, 2.24) is 15.1 Å². The minimum absolute atomic E-state index is 0.229. The number of aliphatic imine (C=N–C) groups is 1. The van der Waals surface area contributed by atoms with Crippen LogP contribution in [0.15, 0.2) is 29.3 Å². The van der Waals surface area contributed by atoms with Crippen molar-refractivity contribution in [1.29, 1.82) is 0 Å². The van der Waals surface area contributed by atoms with Crippen molar-refractivity contribution in [3.63, 3.8) is 0 Å². The Kier molecular flexibility index (Phi) is 7.56. The highest BCUT2D eigenvalue weighted by Gasteiger charge is 2.20. The van der Waals surface area contributed by atoms with Gasteiger partial charge in [0.25, 0.3) is 0 Å². The Morgan fingerprint density at radius 1 is 1.48 bits per heavy atom. The molecule has 0 radical (unpaired) electrons. The van der Waals surface area contributed by atoms with E-state index in [0.717, 1.165) is 36.1 Å². The Balaban J connectivity index is 1.78. The Hall–Kier alpha value is -1.75. The summed E-state index contributed by atoms with van der Waals surface area (Å²) >= 11 is 6.04. The minimum atomic E-state index is 0.229. The lowest BCUT2D eigenvalue weighted by molar-refractivity contribution is -0.132. The minimum Gasteiger partial charge on any atom is -0.356 e. The molecule has 25 heavy (non-hydrogen) atoms. The van der Waals surface area contributed by atoms with Gasteiger partial charge in [-0.3, -0.25) is 9.79 Å². The van der Waals surface area contributed by atoms with Crippen LogP contribution >= 0.6 is 11.6 Å². The summed E-state index contributed by atoms with van der Waals surface area (Å²) in [5.74, 6) is 1.62. The molecular formula is C19H29ClN4O. The highest BCUT2D eigenvalue weighted by molar-refractivity contribution is 6.30. The van der Waals surface area contributed by atoms with Crippen LogP contribution in [-0.4, -0.2) is 55.4 Å². The van der Waals surface area contributed by atoms with E-state index >= 15 is 0 Å². The number of guanidine groups is 1. The fraction of sp³-hybridized carbons (Fsp3) is 0.579. The number of halogens is 1. The molecule has 5 nitrogen and oxygen atoms in total. The van der Waals surface area contributed by atoms with Crippen molar-refractivity contribution in [2.45, 2.75) is 32.7 Å². The second-order valence-electron chi connectivity index (χ2n) is 6.80. The van der Waals surface area contributed by atoms with E-state index in [1.54, 1.807) is 7.05 Å². The van der Waals surface area contributed by atoms with E-state index in [0.29, 0.717) is 25.4 Å². The summed E-state index contributed by atoms with van der Waals surface area (Å²) in [7, 11) is 3.73. The molecule has 1 aromatic carbocycles. The third kappa shape index (κ3) is 6.24. The van der Waals surface area contributed by atoms with E-state index in [9.17, 15) is 4.79 Å². The van der Waals surface area contributed by atoms with E-state index in [1.165, 1.54) is 6.42 Å². The maximum Gasteiger partial charge on any atom is 0.224 e. The lowest BCUT2D eigenvalue weighted by Gasteiger charge is -2.31. The molecule has 1 aliphatic rings. The zero-order chi connectivity index (χ0) is 18.2. The number of benzene rings is 1. The van der Waals surface area contributed by atoms with Crippen molar-refractivity contribution in [3.05, 3.63) is 34.9 Å². The zero-order valence-electron chi connectivity index (χ0n) is 15.5. The van der Waals surface area contributed by atoms with Gasteiger partial charge in [0.05, 0.1) is 0 Å². The van der Waals surface area contributed by atoms with Crippen LogP contribution in [0.4, 0.5) is 0 Å². The van der Waals surface area contributed by atoms with Gasteiger partial charge in [0.15, 0.2) is 5.96 Å². The van der Waals surface area contributed by atoms with Crippen molar-refractivity contribution in [2.75, 3.05) is 33.7 Å². The van der Waals surface area contributed by atoms with Crippen molar-refractivity contribution in [3.8, 4) is 0 Å². The zero-order valence-corrected chi connectivity index (χ0v) is 16.2.